The molecule has 0 spiro atoms. The van der Waals surface area contributed by atoms with E-state index in [4.69, 9.17) is 16.7 Å². The Morgan fingerprint density at radius 2 is 2.31 bits per heavy atom. The van der Waals surface area contributed by atoms with Crippen LogP contribution in [-0.2, 0) is 0 Å². The third-order valence-corrected chi connectivity index (χ3v) is 2.21. The highest BCUT2D eigenvalue weighted by Gasteiger charge is 2.11. The number of carbonyl (C=O) groups is 1. The second-order valence-corrected chi connectivity index (χ2v) is 3.26. The zero-order chi connectivity index (χ0) is 11.5. The van der Waals surface area contributed by atoms with Gasteiger partial charge in [0, 0.05) is 6.20 Å². The number of pyridine rings is 1. The van der Waals surface area contributed by atoms with Gasteiger partial charge in [-0.2, -0.15) is 5.10 Å². The molecule has 0 fully saturated rings. The van der Waals surface area contributed by atoms with Crippen LogP contribution in [0.4, 0.5) is 10.5 Å². The van der Waals surface area contributed by atoms with Gasteiger partial charge in [-0.3, -0.25) is 10.3 Å². The molecule has 0 aromatic carbocycles. The van der Waals surface area contributed by atoms with E-state index in [1.165, 1.54) is 10.9 Å². The Balaban J connectivity index is 2.37. The van der Waals surface area contributed by atoms with Crippen molar-refractivity contribution in [2.45, 2.75) is 0 Å². The van der Waals surface area contributed by atoms with E-state index in [-0.39, 0.29) is 10.8 Å². The lowest BCUT2D eigenvalue weighted by molar-refractivity contribution is 0.210. The summed E-state index contributed by atoms with van der Waals surface area (Å²) in [4.78, 5) is 14.4. The largest absolute Gasteiger partial charge is 0.465 e. The number of aromatic nitrogens is 3. The first-order chi connectivity index (χ1) is 7.68. The van der Waals surface area contributed by atoms with Crippen molar-refractivity contribution in [3.05, 3.63) is 35.9 Å². The van der Waals surface area contributed by atoms with Crippen LogP contribution in [0.25, 0.3) is 5.69 Å². The summed E-state index contributed by atoms with van der Waals surface area (Å²) in [6, 6.07) is 3.49. The van der Waals surface area contributed by atoms with E-state index in [9.17, 15) is 4.79 Å². The fourth-order valence-electron chi connectivity index (χ4n) is 1.19. The van der Waals surface area contributed by atoms with E-state index in [0.717, 1.165) is 0 Å². The topological polar surface area (TPSA) is 80.0 Å². The fraction of sp³-hybridized carbons (Fsp3) is 0. The summed E-state index contributed by atoms with van der Waals surface area (Å²) in [6.45, 7) is 0. The van der Waals surface area contributed by atoms with Gasteiger partial charge in [0.05, 0.1) is 18.1 Å². The number of nitrogens with zero attached hydrogens (tertiary/aromatic N) is 3. The SMILES string of the molecule is O=C(O)Nc1cnn(-c2cccnc2)c1Cl. The van der Waals surface area contributed by atoms with E-state index in [1.54, 1.807) is 24.5 Å². The van der Waals surface area contributed by atoms with E-state index in [2.05, 4.69) is 15.4 Å². The van der Waals surface area contributed by atoms with E-state index in [0.29, 0.717) is 5.69 Å². The Labute approximate surface area is 95.5 Å². The zero-order valence-electron chi connectivity index (χ0n) is 7.96. The average Bonchev–Trinajstić information content (AvgIpc) is 2.61. The molecule has 0 radical (unpaired) electrons. The molecule has 2 rings (SSSR count). The number of amides is 1. The van der Waals surface area contributed by atoms with Gasteiger partial charge in [0.1, 0.15) is 5.69 Å². The second kappa shape index (κ2) is 4.19. The summed E-state index contributed by atoms with van der Waals surface area (Å²) in [6.07, 6.45) is 3.34. The lowest BCUT2D eigenvalue weighted by Crippen LogP contribution is -2.07. The van der Waals surface area contributed by atoms with E-state index >= 15 is 0 Å². The van der Waals surface area contributed by atoms with Crippen LogP contribution < -0.4 is 5.32 Å². The van der Waals surface area contributed by atoms with Crippen molar-refractivity contribution >= 4 is 23.4 Å². The summed E-state index contributed by atoms with van der Waals surface area (Å²) < 4.78 is 1.39. The van der Waals surface area contributed by atoms with Gasteiger partial charge < -0.3 is 5.11 Å². The van der Waals surface area contributed by atoms with Gasteiger partial charge in [-0.1, -0.05) is 11.6 Å². The molecule has 0 aliphatic heterocycles. The third kappa shape index (κ3) is 1.96. The number of rotatable bonds is 2. The van der Waals surface area contributed by atoms with Crippen LogP contribution >= 0.6 is 11.6 Å². The van der Waals surface area contributed by atoms with Crippen LogP contribution in [0.15, 0.2) is 30.7 Å². The van der Waals surface area contributed by atoms with Crippen LogP contribution in [-0.4, -0.2) is 26.0 Å². The number of hydrogen-bond acceptors (Lipinski definition) is 3. The maximum atomic E-state index is 10.4. The Bertz CT molecular complexity index is 511. The number of anilines is 1. The van der Waals surface area contributed by atoms with Crippen molar-refractivity contribution in [3.8, 4) is 5.69 Å². The van der Waals surface area contributed by atoms with Gasteiger partial charge in [0.25, 0.3) is 0 Å². The number of carboxylic acid groups (broad SMARTS) is 1. The van der Waals surface area contributed by atoms with Crippen LogP contribution in [0.1, 0.15) is 0 Å². The third-order valence-electron chi connectivity index (χ3n) is 1.84. The maximum absolute atomic E-state index is 10.4. The van der Waals surface area contributed by atoms with Crippen molar-refractivity contribution < 1.29 is 9.90 Å². The minimum atomic E-state index is -1.19. The van der Waals surface area contributed by atoms with Crippen molar-refractivity contribution in [1.82, 2.24) is 14.8 Å². The monoisotopic (exact) mass is 238 g/mol. The van der Waals surface area contributed by atoms with Gasteiger partial charge in [0.15, 0.2) is 5.15 Å². The molecule has 0 aliphatic carbocycles. The minimum absolute atomic E-state index is 0.190. The predicted octanol–water partition coefficient (Wildman–Crippen LogP) is 2.01. The fourth-order valence-corrected chi connectivity index (χ4v) is 1.43. The quantitative estimate of drug-likeness (QED) is 0.839. The van der Waals surface area contributed by atoms with Crippen molar-refractivity contribution in [2.75, 3.05) is 5.32 Å². The molecular formula is C9H7ClN4O2. The molecule has 0 saturated carbocycles. The zero-order valence-corrected chi connectivity index (χ0v) is 8.72. The molecule has 7 heteroatoms. The standard InChI is InChI=1S/C9H7ClN4O2/c10-8-7(13-9(15)16)5-12-14(8)6-2-1-3-11-4-6/h1-5,13H,(H,15,16). The summed E-state index contributed by atoms with van der Waals surface area (Å²) in [5.74, 6) is 0. The lowest BCUT2D eigenvalue weighted by atomic mass is 10.4. The molecule has 6 nitrogen and oxygen atoms in total. The van der Waals surface area contributed by atoms with Crippen molar-refractivity contribution in [3.63, 3.8) is 0 Å². The first kappa shape index (κ1) is 10.4. The molecule has 1 amide bonds. The highest BCUT2D eigenvalue weighted by Crippen LogP contribution is 2.23. The smallest absolute Gasteiger partial charge is 0.409 e. The second-order valence-electron chi connectivity index (χ2n) is 2.90. The molecule has 16 heavy (non-hydrogen) atoms. The van der Waals surface area contributed by atoms with Crippen molar-refractivity contribution in [2.24, 2.45) is 0 Å². The van der Waals surface area contributed by atoms with E-state index in [1.807, 2.05) is 0 Å². The number of nitrogens with one attached hydrogen (secondary N) is 1. The van der Waals surface area contributed by atoms with Gasteiger partial charge in [-0.05, 0) is 12.1 Å². The molecule has 82 valence electrons. The molecule has 0 aliphatic rings. The average molecular weight is 239 g/mol. The number of hydrogen-bond donors (Lipinski definition) is 2. The lowest BCUT2D eigenvalue weighted by Gasteiger charge is -2.02. The predicted molar refractivity (Wildman–Crippen MR) is 58.0 cm³/mol. The number of halogens is 1. The Hall–Kier alpha value is -2.08. The summed E-state index contributed by atoms with van der Waals surface area (Å²) in [5, 5.41) is 14.8. The molecule has 2 N–H and O–H groups in total. The Kier molecular flexibility index (Phi) is 2.74. The van der Waals surface area contributed by atoms with Gasteiger partial charge in [-0.15, -0.1) is 0 Å². The first-order valence-corrected chi connectivity index (χ1v) is 4.70. The van der Waals surface area contributed by atoms with Crippen LogP contribution in [0.5, 0.6) is 0 Å². The summed E-state index contributed by atoms with van der Waals surface area (Å²) in [7, 11) is 0. The molecule has 0 saturated heterocycles. The maximum Gasteiger partial charge on any atom is 0.409 e. The molecular weight excluding hydrogens is 232 g/mol. The molecule has 0 unspecified atom stereocenters. The molecule has 0 atom stereocenters. The van der Waals surface area contributed by atoms with Crippen LogP contribution in [0, 0.1) is 0 Å². The van der Waals surface area contributed by atoms with Crippen molar-refractivity contribution in [1.29, 1.82) is 0 Å². The first-order valence-electron chi connectivity index (χ1n) is 4.32. The van der Waals surface area contributed by atoms with Crippen LogP contribution in [0.3, 0.4) is 0 Å². The normalized spacial score (nSPS) is 10.1. The van der Waals surface area contributed by atoms with Crippen LogP contribution in [0.2, 0.25) is 5.15 Å². The van der Waals surface area contributed by atoms with Gasteiger partial charge in [0.2, 0.25) is 0 Å². The molecule has 2 aromatic heterocycles. The minimum Gasteiger partial charge on any atom is -0.465 e. The summed E-state index contributed by atoms with van der Waals surface area (Å²) in [5.41, 5.74) is 0.893. The molecule has 2 heterocycles. The van der Waals surface area contributed by atoms with Gasteiger partial charge in [-0.25, -0.2) is 9.48 Å². The van der Waals surface area contributed by atoms with Gasteiger partial charge >= 0.3 is 6.09 Å². The Morgan fingerprint density at radius 3 is 2.94 bits per heavy atom. The summed E-state index contributed by atoms with van der Waals surface area (Å²) >= 11 is 5.95. The highest BCUT2D eigenvalue weighted by molar-refractivity contribution is 6.32. The highest BCUT2D eigenvalue weighted by atomic mass is 35.5. The molecule has 0 bridgehead atoms. The molecule has 2 aromatic rings. The van der Waals surface area contributed by atoms with E-state index < -0.39 is 6.09 Å². The Morgan fingerprint density at radius 1 is 1.50 bits per heavy atom.